The van der Waals surface area contributed by atoms with E-state index in [9.17, 15) is 23.5 Å². The summed E-state index contributed by atoms with van der Waals surface area (Å²) in [5.74, 6) is -3.72. The Morgan fingerprint density at radius 1 is 1.32 bits per heavy atom. The van der Waals surface area contributed by atoms with Gasteiger partial charge in [0.05, 0.1) is 16.8 Å². The van der Waals surface area contributed by atoms with Crippen LogP contribution in [-0.2, 0) is 20.7 Å². The Bertz CT molecular complexity index is 1160. The number of ketones is 1. The molecule has 0 saturated heterocycles. The fourth-order valence-electron chi connectivity index (χ4n) is 4.72. The molecule has 6 N–H and O–H groups in total. The zero-order chi connectivity index (χ0) is 27.3. The number of aliphatic hydroxyl groups excluding tert-OH is 1. The number of carbonyl (C=O) groups excluding carboxylic acids is 2. The molecule has 0 atom stereocenters. The molecule has 9 nitrogen and oxygen atoms in total. The van der Waals surface area contributed by atoms with E-state index in [0.717, 1.165) is 18.9 Å². The van der Waals surface area contributed by atoms with E-state index in [2.05, 4.69) is 5.32 Å². The number of ether oxygens (including phenoxy) is 1. The number of nitrogens with one attached hydrogen (secondary N) is 3. The second-order valence-corrected chi connectivity index (χ2v) is 9.98. The lowest BCUT2D eigenvalue weighted by molar-refractivity contribution is -0.532. The number of nitrogens with zero attached hydrogens (tertiary/aromatic N) is 1. The molecule has 3 rings (SSSR count). The molecule has 1 amide bonds. The molecule has 1 aliphatic heterocycles. The Hall–Kier alpha value is -2.93. The van der Waals surface area contributed by atoms with Crippen molar-refractivity contribution in [1.29, 1.82) is 10.8 Å². The quantitative estimate of drug-likeness (QED) is 0.196. The monoisotopic (exact) mass is 536 g/mol. The van der Waals surface area contributed by atoms with Crippen molar-refractivity contribution in [1.82, 2.24) is 10.2 Å². The molecular formula is C25H32F2N5O4S+. The number of likely N-dealkylation sites (N-methyl/N-ethyl adjacent to an activating group) is 1. The van der Waals surface area contributed by atoms with Gasteiger partial charge in [-0.2, -0.15) is 0 Å². The number of methoxy groups -OCH3 is 1. The summed E-state index contributed by atoms with van der Waals surface area (Å²) in [4.78, 5) is 28.0. The Kier molecular flexibility index (Phi) is 9.35. The third-order valence-electron chi connectivity index (χ3n) is 6.83. The number of rotatable bonds is 8. The molecule has 200 valence electrons. The van der Waals surface area contributed by atoms with Crippen LogP contribution in [0.5, 0.6) is 0 Å². The number of benzene rings is 1. The molecule has 1 fully saturated rings. The summed E-state index contributed by atoms with van der Waals surface area (Å²) >= 11 is 0.614. The zero-order valence-electron chi connectivity index (χ0n) is 21.0. The van der Waals surface area contributed by atoms with Gasteiger partial charge in [0.25, 0.3) is 0 Å². The number of amides is 1. The lowest BCUT2D eigenvalue weighted by atomic mass is 9.85. The highest BCUT2D eigenvalue weighted by atomic mass is 32.2. The molecule has 1 aromatic carbocycles. The topological polar surface area (TPSA) is 143 Å². The molecule has 0 bridgehead atoms. The zero-order valence-corrected chi connectivity index (χ0v) is 21.8. The summed E-state index contributed by atoms with van der Waals surface area (Å²) in [6, 6.07) is 3.00. The van der Waals surface area contributed by atoms with Crippen molar-refractivity contribution in [3.8, 4) is 0 Å². The Labute approximate surface area is 218 Å². The molecule has 1 saturated carbocycles. The van der Waals surface area contributed by atoms with Crippen LogP contribution < -0.4 is 10.6 Å². The first kappa shape index (κ1) is 28.6. The Morgan fingerprint density at radius 2 is 2.00 bits per heavy atom. The summed E-state index contributed by atoms with van der Waals surface area (Å²) in [6.07, 6.45) is 3.97. The fraction of sp³-hybridized carbons (Fsp3) is 0.440. The van der Waals surface area contributed by atoms with Crippen LogP contribution in [0.15, 0.2) is 41.4 Å². The minimum absolute atomic E-state index is 0.0792. The smallest absolute Gasteiger partial charge is 0.313 e. The van der Waals surface area contributed by atoms with E-state index in [1.165, 1.54) is 17.6 Å². The lowest BCUT2D eigenvalue weighted by Gasteiger charge is -2.47. The van der Waals surface area contributed by atoms with Crippen LogP contribution in [0.25, 0.3) is 0 Å². The summed E-state index contributed by atoms with van der Waals surface area (Å²) in [6.45, 7) is 2.17. The first-order valence-corrected chi connectivity index (χ1v) is 12.7. The Balaban J connectivity index is 1.71. The molecular weight excluding hydrogens is 504 g/mol. The molecule has 12 heteroatoms. The van der Waals surface area contributed by atoms with E-state index >= 15 is 0 Å². The molecule has 0 spiro atoms. The first-order chi connectivity index (χ1) is 17.6. The van der Waals surface area contributed by atoms with Crippen LogP contribution in [0.4, 0.5) is 8.78 Å². The highest BCUT2D eigenvalue weighted by Gasteiger charge is 2.45. The number of carbonyl (C=O) groups is 2. The normalized spacial score (nSPS) is 22.0. The number of allylic oxidation sites excluding steroid dienone is 1. The second-order valence-electron chi connectivity index (χ2n) is 8.87. The van der Waals surface area contributed by atoms with Crippen molar-refractivity contribution >= 4 is 33.5 Å². The van der Waals surface area contributed by atoms with Crippen molar-refractivity contribution in [3.05, 3.63) is 58.6 Å². The van der Waals surface area contributed by atoms with E-state index < -0.39 is 34.7 Å². The molecule has 1 heterocycles. The van der Waals surface area contributed by atoms with Crippen LogP contribution in [-0.4, -0.2) is 64.3 Å². The molecule has 0 aromatic heterocycles. The predicted molar refractivity (Wildman–Crippen MR) is 136 cm³/mol. The van der Waals surface area contributed by atoms with Gasteiger partial charge in [-0.15, -0.1) is 0 Å². The van der Waals surface area contributed by atoms with E-state index in [4.69, 9.17) is 15.6 Å². The van der Waals surface area contributed by atoms with Gasteiger partial charge >= 0.3 is 5.91 Å². The van der Waals surface area contributed by atoms with Crippen molar-refractivity contribution in [2.45, 2.75) is 50.8 Å². The van der Waals surface area contributed by atoms with Gasteiger partial charge in [-0.3, -0.25) is 31.0 Å². The van der Waals surface area contributed by atoms with Gasteiger partial charge in [-0.1, -0.05) is 17.8 Å². The molecule has 1 aliphatic carbocycles. The first-order valence-electron chi connectivity index (χ1n) is 11.9. The van der Waals surface area contributed by atoms with Gasteiger partial charge in [-0.25, -0.2) is 8.78 Å². The second kappa shape index (κ2) is 12.1. The minimum Gasteiger partial charge on any atom is -0.500 e. The average Bonchev–Trinajstić information content (AvgIpc) is 2.87. The fourth-order valence-corrected chi connectivity index (χ4v) is 5.47. The number of quaternary nitrogens is 1. The standard InChI is InChI=1S/C25H31F2N5O4S/c1-4-32(25(30-2)9-7-16(36-3)8-10-25)24(35)20-22(34)21(33)17(13-31-20)23(29)37-19(28)11-14-5-6-15(26)12-18(14)27/h5-6,12-13,16,28-30,34H,4,7-11H2,1-3H3,(H,31,33)/p+1. The number of aliphatic hydroxyl groups is 1. The maximum Gasteiger partial charge on any atom is 0.313 e. The van der Waals surface area contributed by atoms with Crippen LogP contribution >= 0.6 is 11.8 Å². The van der Waals surface area contributed by atoms with Crippen molar-refractivity contribution in [3.63, 3.8) is 0 Å². The Morgan fingerprint density at radius 3 is 2.57 bits per heavy atom. The minimum atomic E-state index is -0.901. The summed E-state index contributed by atoms with van der Waals surface area (Å²) in [5.41, 5.74) is -0.923. The van der Waals surface area contributed by atoms with Gasteiger partial charge < -0.3 is 14.7 Å². The summed E-state index contributed by atoms with van der Waals surface area (Å²) < 4.78 is 32.5. The van der Waals surface area contributed by atoms with Gasteiger partial charge in [0.15, 0.2) is 0 Å². The van der Waals surface area contributed by atoms with Crippen molar-refractivity contribution in [2.24, 2.45) is 0 Å². The molecule has 0 radical (unpaired) electrons. The summed E-state index contributed by atoms with van der Waals surface area (Å²) in [5, 5.41) is 31.1. The number of thioether (sulfide) groups is 1. The van der Waals surface area contributed by atoms with Crippen LogP contribution in [0.1, 0.15) is 38.2 Å². The molecule has 2 aliphatic rings. The number of Topliss-reactive ketones (excluding diaryl/α,β-unsaturated/α-hetero) is 1. The van der Waals surface area contributed by atoms with Crippen molar-refractivity contribution in [2.75, 3.05) is 20.7 Å². The maximum atomic E-state index is 13.9. The van der Waals surface area contributed by atoms with Crippen molar-refractivity contribution < 1.29 is 33.5 Å². The van der Waals surface area contributed by atoms with Gasteiger partial charge in [0, 0.05) is 26.1 Å². The predicted octanol–water partition coefficient (Wildman–Crippen LogP) is 2.35. The molecule has 1 aromatic rings. The highest BCUT2D eigenvalue weighted by molar-refractivity contribution is 8.26. The summed E-state index contributed by atoms with van der Waals surface area (Å²) in [7, 11) is 3.43. The highest BCUT2D eigenvalue weighted by Crippen LogP contribution is 2.33. The molecule has 0 unspecified atom stereocenters. The SMILES string of the molecule is CCN(C(=O)C1=C(O)C(=O)C(C(=N)SC(=N)Cc2ccc(F)cc2F)=C[NH2+]1)C1(NC)CCC(OC)CC1. The largest absolute Gasteiger partial charge is 0.500 e. The lowest BCUT2D eigenvalue weighted by Crippen LogP contribution is -2.82. The van der Waals surface area contributed by atoms with Crippen LogP contribution in [0.2, 0.25) is 0 Å². The maximum absolute atomic E-state index is 13.9. The third kappa shape index (κ3) is 6.15. The third-order valence-corrected chi connectivity index (χ3v) is 7.65. The molecule has 37 heavy (non-hydrogen) atoms. The van der Waals surface area contributed by atoms with Gasteiger partial charge in [-0.05, 0) is 51.3 Å². The van der Waals surface area contributed by atoms with E-state index in [0.29, 0.717) is 37.2 Å². The van der Waals surface area contributed by atoms with Gasteiger partial charge in [0.2, 0.25) is 17.2 Å². The van der Waals surface area contributed by atoms with E-state index in [-0.39, 0.29) is 39.4 Å². The van der Waals surface area contributed by atoms with Crippen LogP contribution in [0, 0.1) is 22.5 Å². The number of nitrogens with two attached hydrogens (primary N) is 1. The van der Waals surface area contributed by atoms with Crippen LogP contribution in [0.3, 0.4) is 0 Å². The van der Waals surface area contributed by atoms with E-state index in [1.807, 2.05) is 6.92 Å². The van der Waals surface area contributed by atoms with E-state index in [1.54, 1.807) is 19.1 Å². The number of halogens is 2. The van der Waals surface area contributed by atoms with Gasteiger partial charge in [0.1, 0.15) is 28.5 Å². The number of hydrogen-bond acceptors (Lipinski definition) is 8. The average molecular weight is 537 g/mol. The number of hydrogen-bond donors (Lipinski definition) is 5.